The van der Waals surface area contributed by atoms with Crippen LogP contribution >= 0.6 is 0 Å². The molecule has 0 aromatic heterocycles. The van der Waals surface area contributed by atoms with Crippen molar-refractivity contribution in [1.82, 2.24) is 0 Å². The molecule has 0 bridgehead atoms. The predicted molar refractivity (Wildman–Crippen MR) is 273 cm³/mol. The molecule has 3 heteroatoms. The lowest BCUT2D eigenvalue weighted by Gasteiger charge is -1.92. The average molecular weight is 811 g/mol. The topological polar surface area (TPSA) is 60.7 Å². The molecule has 0 atom stereocenters. The summed E-state index contributed by atoms with van der Waals surface area (Å²) >= 11 is 0. The highest BCUT2D eigenvalue weighted by Crippen LogP contribution is 2.13. The summed E-state index contributed by atoms with van der Waals surface area (Å²) in [4.78, 5) is 0. The molecule has 0 radical (unpaired) electrons. The van der Waals surface area contributed by atoms with E-state index in [-0.39, 0.29) is 0 Å². The van der Waals surface area contributed by atoms with Gasteiger partial charge in [0.1, 0.15) is 0 Å². The highest BCUT2D eigenvalue weighted by atomic mass is 16.2. The van der Waals surface area contributed by atoms with E-state index in [9.17, 15) is 0 Å². The molecule has 0 saturated carbocycles. The van der Waals surface area contributed by atoms with Crippen LogP contribution < -0.4 is 0 Å². The van der Waals surface area contributed by atoms with Gasteiger partial charge in [-0.15, -0.1) is 6.58 Å². The summed E-state index contributed by atoms with van der Waals surface area (Å²) in [5.74, 6) is 0. The molecule has 3 nitrogen and oxygen atoms in total. The highest BCUT2D eigenvalue weighted by Gasteiger charge is 1.87. The Morgan fingerprint density at radius 2 is 0.333 bits per heavy atom. The minimum Gasteiger partial charge on any atom is -0.400 e. The zero-order valence-corrected chi connectivity index (χ0v) is 38.5. The number of hydrogen-bond acceptors (Lipinski definition) is 3. The van der Waals surface area contributed by atoms with Crippen LogP contribution in [0, 0.1) is 0 Å². The smallest absolute Gasteiger partial charge is 0.0319 e. The molecule has 0 heterocycles. The van der Waals surface area contributed by atoms with Crippen LogP contribution in [0.4, 0.5) is 0 Å². The van der Waals surface area contributed by atoms with Crippen LogP contribution in [0.2, 0.25) is 0 Å². The van der Waals surface area contributed by atoms with Crippen molar-refractivity contribution in [1.29, 1.82) is 0 Å². The first kappa shape index (κ1) is 60.8. The van der Waals surface area contributed by atoms with E-state index in [1.807, 2.05) is 79.7 Å². The van der Waals surface area contributed by atoms with Crippen molar-refractivity contribution in [2.24, 2.45) is 0 Å². The minimum absolute atomic E-state index is 1.00. The molecule has 0 aliphatic heterocycles. The number of fused-ring (bicyclic) bond motifs is 3. The fraction of sp³-hybridized carbons (Fsp3) is 0.228. The molecule has 0 unspecified atom stereocenters. The zero-order valence-electron chi connectivity index (χ0n) is 38.5. The average Bonchev–Trinajstić information content (AvgIpc) is 3.34. The third kappa shape index (κ3) is 37.7. The number of aliphatic hydroxyl groups is 3. The Bertz CT molecular complexity index is 1490. The zero-order chi connectivity index (χ0) is 45.7. The lowest BCUT2D eigenvalue weighted by atomic mass is 10.1. The normalized spacial score (nSPS) is 8.02. The van der Waals surface area contributed by atoms with Gasteiger partial charge in [-0.2, -0.15) is 0 Å². The van der Waals surface area contributed by atoms with Gasteiger partial charge in [0, 0.05) is 21.3 Å². The standard InChI is InChI=1S/3C10H8.2C6H6.3C3H8.C3H6.3CH4O/c3*1-2-6-10-8-4-3-7-9(10)5-1;2*1-2-4-6-5-3-1;4*1-3-2;3*1-2/h3*1-8H;2*1-6H;3*3H2,1-2H3;3H,1H2,2H3;3*2H,1H3. The van der Waals surface area contributed by atoms with Crippen molar-refractivity contribution in [2.45, 2.75) is 67.7 Å². The van der Waals surface area contributed by atoms with Crippen molar-refractivity contribution < 1.29 is 15.3 Å². The molecule has 0 amide bonds. The Labute approximate surface area is 366 Å². The first-order valence-corrected chi connectivity index (χ1v) is 20.8. The number of rotatable bonds is 0. The van der Waals surface area contributed by atoms with Gasteiger partial charge in [0.2, 0.25) is 0 Å². The van der Waals surface area contributed by atoms with Crippen LogP contribution in [0.3, 0.4) is 0 Å². The van der Waals surface area contributed by atoms with Gasteiger partial charge in [-0.05, 0) is 39.2 Å². The van der Waals surface area contributed by atoms with E-state index in [4.69, 9.17) is 15.3 Å². The van der Waals surface area contributed by atoms with E-state index < -0.39 is 0 Å². The summed E-state index contributed by atoms with van der Waals surface area (Å²) in [7, 11) is 3.00. The van der Waals surface area contributed by atoms with Crippen molar-refractivity contribution in [2.75, 3.05) is 21.3 Å². The van der Waals surface area contributed by atoms with Crippen LogP contribution in [0.15, 0.2) is 231 Å². The Kier molecular flexibility index (Phi) is 53.9. The monoisotopic (exact) mass is 811 g/mol. The Morgan fingerprint density at radius 1 is 0.267 bits per heavy atom. The maximum Gasteiger partial charge on any atom is 0.0319 e. The van der Waals surface area contributed by atoms with E-state index in [0.717, 1.165) is 21.3 Å². The first-order chi connectivity index (χ1) is 29.6. The first-order valence-electron chi connectivity index (χ1n) is 20.8. The molecule has 8 aromatic rings. The minimum atomic E-state index is 1.00. The third-order valence-electron chi connectivity index (χ3n) is 6.31. The van der Waals surface area contributed by atoms with Crippen molar-refractivity contribution in [3.8, 4) is 0 Å². The van der Waals surface area contributed by atoms with Gasteiger partial charge < -0.3 is 15.3 Å². The third-order valence-corrected chi connectivity index (χ3v) is 6.31. The van der Waals surface area contributed by atoms with Gasteiger partial charge in [0.15, 0.2) is 0 Å². The number of allylic oxidation sites excluding steroid dienone is 1. The fourth-order valence-corrected chi connectivity index (χ4v) is 4.17. The number of hydrogen-bond donors (Lipinski definition) is 3. The molecule has 0 aliphatic carbocycles. The second-order valence-corrected chi connectivity index (χ2v) is 11.9. The summed E-state index contributed by atoms with van der Waals surface area (Å²) < 4.78 is 0. The summed E-state index contributed by atoms with van der Waals surface area (Å²) in [5, 5.41) is 28.9. The van der Waals surface area contributed by atoms with Crippen LogP contribution in [0.5, 0.6) is 0 Å². The molecular formula is C57H78O3. The molecule has 0 fully saturated rings. The summed E-state index contributed by atoms with van der Waals surface area (Å²) in [6.45, 7) is 18.0. The van der Waals surface area contributed by atoms with Crippen molar-refractivity contribution >= 4 is 32.3 Å². The molecule has 0 spiro atoms. The molecule has 60 heavy (non-hydrogen) atoms. The maximum atomic E-state index is 7.00. The Hall–Kier alpha value is -5.84. The fourth-order valence-electron chi connectivity index (χ4n) is 4.17. The maximum absolute atomic E-state index is 7.00. The number of benzene rings is 8. The van der Waals surface area contributed by atoms with E-state index in [1.54, 1.807) is 6.08 Å². The quantitative estimate of drug-likeness (QED) is 0.134. The van der Waals surface area contributed by atoms with E-state index in [2.05, 4.69) is 194 Å². The Balaban J connectivity index is -0.000000301. The van der Waals surface area contributed by atoms with Crippen LogP contribution in [0.25, 0.3) is 32.3 Å². The van der Waals surface area contributed by atoms with E-state index in [1.165, 1.54) is 51.6 Å². The van der Waals surface area contributed by atoms with Crippen molar-refractivity contribution in [3.63, 3.8) is 0 Å². The molecule has 324 valence electrons. The summed E-state index contributed by atoms with van der Waals surface area (Å²) in [6.07, 6.45) is 5.50. The Morgan fingerprint density at radius 3 is 0.400 bits per heavy atom. The highest BCUT2D eigenvalue weighted by molar-refractivity contribution is 5.83. The van der Waals surface area contributed by atoms with Gasteiger partial charge in [-0.3, -0.25) is 0 Å². The molecule has 3 N–H and O–H groups in total. The molecular weight excluding hydrogens is 733 g/mol. The van der Waals surface area contributed by atoms with Gasteiger partial charge in [0.05, 0.1) is 0 Å². The largest absolute Gasteiger partial charge is 0.400 e. The van der Waals surface area contributed by atoms with Gasteiger partial charge in [0.25, 0.3) is 0 Å². The SMILES string of the molecule is C=CC.CCC.CCC.CCC.CO.CO.CO.c1ccc2ccccc2c1.c1ccc2ccccc2c1.c1ccc2ccccc2c1.c1ccccc1.c1ccccc1. The van der Waals surface area contributed by atoms with Crippen LogP contribution in [-0.2, 0) is 0 Å². The van der Waals surface area contributed by atoms with Crippen molar-refractivity contribution in [3.05, 3.63) is 231 Å². The lowest BCUT2D eigenvalue weighted by molar-refractivity contribution is 0.399. The predicted octanol–water partition coefficient (Wildman–Crippen LogP) is 16.2. The van der Waals surface area contributed by atoms with Gasteiger partial charge >= 0.3 is 0 Å². The molecule has 0 saturated heterocycles. The van der Waals surface area contributed by atoms with E-state index in [0.29, 0.717) is 0 Å². The second kappa shape index (κ2) is 53.2. The number of aliphatic hydroxyl groups excluding tert-OH is 3. The second-order valence-electron chi connectivity index (χ2n) is 11.9. The van der Waals surface area contributed by atoms with Crippen LogP contribution in [0.1, 0.15) is 67.7 Å². The molecule has 8 rings (SSSR count). The lowest BCUT2D eigenvalue weighted by Crippen LogP contribution is -1.67. The molecule has 0 aliphatic rings. The molecule has 8 aromatic carbocycles. The van der Waals surface area contributed by atoms with Crippen LogP contribution in [-0.4, -0.2) is 36.6 Å². The van der Waals surface area contributed by atoms with Gasteiger partial charge in [-0.25, -0.2) is 0 Å². The van der Waals surface area contributed by atoms with E-state index >= 15 is 0 Å². The summed E-state index contributed by atoms with van der Waals surface area (Å²) in [6, 6.07) is 74.1. The van der Waals surface area contributed by atoms with Gasteiger partial charge in [-0.1, -0.05) is 285 Å². The summed E-state index contributed by atoms with van der Waals surface area (Å²) in [5.41, 5.74) is 0.